The van der Waals surface area contributed by atoms with Gasteiger partial charge in [0.2, 0.25) is 0 Å². The summed E-state index contributed by atoms with van der Waals surface area (Å²) in [5.74, 6) is -5.19. The van der Waals surface area contributed by atoms with Crippen molar-refractivity contribution in [3.8, 4) is 17.3 Å². The number of nitrogens with zero attached hydrogens (tertiary/aromatic N) is 5. The molecule has 42 heavy (non-hydrogen) atoms. The molecule has 222 valence electrons. The van der Waals surface area contributed by atoms with Gasteiger partial charge in [-0.05, 0) is 43.2 Å². The monoisotopic (exact) mass is 651 g/mol. The zero-order chi connectivity index (χ0) is 30.3. The molecule has 7 atom stereocenters. The van der Waals surface area contributed by atoms with Crippen LogP contribution in [0.3, 0.4) is 0 Å². The fourth-order valence-corrected chi connectivity index (χ4v) is 5.76. The number of ether oxygens (including phenoxy) is 2. The van der Waals surface area contributed by atoms with E-state index < -0.39 is 72.6 Å². The topological polar surface area (TPSA) is 154 Å². The molecule has 0 bridgehead atoms. The minimum Gasteiger partial charge on any atom is -0.394 e. The second-order valence-corrected chi connectivity index (χ2v) is 10.9. The van der Waals surface area contributed by atoms with Crippen molar-refractivity contribution in [3.63, 3.8) is 0 Å². The Balaban J connectivity index is 1.54. The number of anilines is 1. The molecule has 1 aliphatic carbocycles. The zero-order valence-electron chi connectivity index (χ0n) is 21.9. The van der Waals surface area contributed by atoms with Crippen LogP contribution in [-0.4, -0.2) is 86.5 Å². The fourth-order valence-electron chi connectivity index (χ4n) is 5.28. The van der Waals surface area contributed by atoms with Gasteiger partial charge in [0.15, 0.2) is 23.6 Å². The summed E-state index contributed by atoms with van der Waals surface area (Å²) in [7, 11) is 1.27. The van der Waals surface area contributed by atoms with Gasteiger partial charge in [-0.1, -0.05) is 21.1 Å². The van der Waals surface area contributed by atoms with Gasteiger partial charge in [-0.15, -0.1) is 5.10 Å². The number of amides is 1. The van der Waals surface area contributed by atoms with Crippen molar-refractivity contribution in [2.24, 2.45) is 0 Å². The molecule has 0 unspecified atom stereocenters. The Labute approximate surface area is 245 Å². The Morgan fingerprint density at radius 1 is 1.21 bits per heavy atom. The van der Waals surface area contributed by atoms with E-state index in [2.05, 4.69) is 26.2 Å². The quantitative estimate of drug-likeness (QED) is 0.326. The van der Waals surface area contributed by atoms with E-state index in [1.54, 1.807) is 12.1 Å². The highest BCUT2D eigenvalue weighted by molar-refractivity contribution is 9.10. The van der Waals surface area contributed by atoms with E-state index in [1.807, 2.05) is 6.07 Å². The highest BCUT2D eigenvalue weighted by Crippen LogP contribution is 2.38. The molecule has 2 heterocycles. The van der Waals surface area contributed by atoms with Crippen molar-refractivity contribution >= 4 is 27.5 Å². The molecule has 11 nitrogen and oxygen atoms in total. The second-order valence-electron chi connectivity index (χ2n) is 10.0. The summed E-state index contributed by atoms with van der Waals surface area (Å²) in [6.07, 6.45) is -4.20. The first kappa shape index (κ1) is 30.1. The summed E-state index contributed by atoms with van der Waals surface area (Å²) in [5, 5.41) is 49.0. The molecule has 1 saturated heterocycles. The van der Waals surface area contributed by atoms with Gasteiger partial charge in [0.05, 0.1) is 36.6 Å². The van der Waals surface area contributed by atoms with E-state index in [1.165, 1.54) is 24.3 Å². The van der Waals surface area contributed by atoms with Crippen LogP contribution in [0.25, 0.3) is 11.3 Å². The third kappa shape index (κ3) is 5.41. The van der Waals surface area contributed by atoms with Crippen LogP contribution < -0.4 is 4.90 Å². The maximum absolute atomic E-state index is 14.2. The number of methoxy groups -OCH3 is 1. The molecule has 0 radical (unpaired) electrons. The van der Waals surface area contributed by atoms with Crippen molar-refractivity contribution in [2.75, 3.05) is 18.6 Å². The summed E-state index contributed by atoms with van der Waals surface area (Å²) >= 11 is 3.34. The molecule has 3 aromatic rings. The SMILES string of the molecule is CO[C@@H]1[C@@H](n2cc(-c3cc(F)c(F)c(F)c3)nn2)[C@@H](O)[C@@H](CO)O[C@H]1C(=O)N(c1cc(Br)cc(C#N)c1)[C@@H]1CC[C@H]1O. The molecule has 3 N–H and O–H groups in total. The van der Waals surface area contributed by atoms with Gasteiger partial charge in [0.1, 0.15) is 30.0 Å². The lowest BCUT2D eigenvalue weighted by atomic mass is 9.85. The number of carbonyl (C=O) groups excluding carboxylic acids is 1. The van der Waals surface area contributed by atoms with Crippen molar-refractivity contribution in [3.05, 3.63) is 64.0 Å². The molecule has 1 saturated carbocycles. The first-order valence-corrected chi connectivity index (χ1v) is 13.6. The van der Waals surface area contributed by atoms with Crippen LogP contribution in [-0.2, 0) is 14.3 Å². The van der Waals surface area contributed by atoms with Crippen molar-refractivity contribution in [1.82, 2.24) is 15.0 Å². The average molecular weight is 652 g/mol. The number of hydrogen-bond acceptors (Lipinski definition) is 9. The number of carbonyl (C=O) groups is 1. The first-order chi connectivity index (χ1) is 20.1. The lowest BCUT2D eigenvalue weighted by Crippen LogP contribution is -2.64. The highest BCUT2D eigenvalue weighted by atomic mass is 79.9. The van der Waals surface area contributed by atoms with Crippen molar-refractivity contribution in [2.45, 2.75) is 55.4 Å². The number of benzene rings is 2. The highest BCUT2D eigenvalue weighted by Gasteiger charge is 2.52. The summed E-state index contributed by atoms with van der Waals surface area (Å²) in [4.78, 5) is 15.5. The third-order valence-electron chi connectivity index (χ3n) is 7.54. The largest absolute Gasteiger partial charge is 0.394 e. The Morgan fingerprint density at radius 3 is 2.50 bits per heavy atom. The van der Waals surface area contributed by atoms with E-state index in [4.69, 9.17) is 9.47 Å². The second kappa shape index (κ2) is 12.1. The predicted molar refractivity (Wildman–Crippen MR) is 142 cm³/mol. The van der Waals surface area contributed by atoms with Crippen molar-refractivity contribution in [1.29, 1.82) is 5.26 Å². The number of halogens is 4. The average Bonchev–Trinajstić information content (AvgIpc) is 3.46. The van der Waals surface area contributed by atoms with Gasteiger partial charge >= 0.3 is 0 Å². The molecule has 2 aliphatic rings. The molecule has 1 aliphatic heterocycles. The minimum absolute atomic E-state index is 0.0674. The van der Waals surface area contributed by atoms with Crippen LogP contribution in [0.2, 0.25) is 0 Å². The van der Waals surface area contributed by atoms with E-state index >= 15 is 0 Å². The lowest BCUT2D eigenvalue weighted by Gasteiger charge is -2.47. The smallest absolute Gasteiger partial charge is 0.259 e. The Morgan fingerprint density at radius 2 is 1.93 bits per heavy atom. The van der Waals surface area contributed by atoms with Gasteiger partial charge in [-0.2, -0.15) is 5.26 Å². The molecule has 2 aromatic carbocycles. The third-order valence-corrected chi connectivity index (χ3v) is 8.00. The molecule has 2 fully saturated rings. The van der Waals surface area contributed by atoms with Gasteiger partial charge in [-0.25, -0.2) is 17.9 Å². The molecular formula is C27H25BrF3N5O6. The van der Waals surface area contributed by atoms with Gasteiger partial charge in [-0.3, -0.25) is 4.79 Å². The molecular weight excluding hydrogens is 627 g/mol. The normalized spacial score (nSPS) is 27.3. The maximum atomic E-state index is 14.2. The molecule has 0 spiro atoms. The van der Waals surface area contributed by atoms with Crippen molar-refractivity contribution < 1.29 is 42.8 Å². The van der Waals surface area contributed by atoms with Crippen LogP contribution in [0.1, 0.15) is 24.4 Å². The van der Waals surface area contributed by atoms with Crippen LogP contribution in [0.5, 0.6) is 0 Å². The summed E-state index contributed by atoms with van der Waals surface area (Å²) in [6.45, 7) is -0.699. The minimum atomic E-state index is -1.65. The number of hydrogen-bond donors (Lipinski definition) is 3. The van der Waals surface area contributed by atoms with E-state index in [0.29, 0.717) is 23.0 Å². The zero-order valence-corrected chi connectivity index (χ0v) is 23.5. The van der Waals surface area contributed by atoms with E-state index in [9.17, 15) is 38.5 Å². The standard InChI is InChI=1S/C27H25BrF3N5O6/c1-41-25-23(35-10-18(33-34-35)13-6-16(29)22(31)17(30)7-13)24(39)21(11-37)42-26(25)27(40)36(19-2-3-20(19)38)15-5-12(9-32)4-14(28)8-15/h4-8,10,19-21,23-26,37-39H,2-3,11H2,1H3/t19-,20-,21-,23+,24+,25-,26-/m1/s1. The maximum Gasteiger partial charge on any atom is 0.259 e. The molecule has 5 rings (SSSR count). The molecule has 1 amide bonds. The lowest BCUT2D eigenvalue weighted by molar-refractivity contribution is -0.211. The Kier molecular flexibility index (Phi) is 8.65. The summed E-state index contributed by atoms with van der Waals surface area (Å²) < 4.78 is 54.4. The van der Waals surface area contributed by atoms with Gasteiger partial charge in [0.25, 0.3) is 5.91 Å². The predicted octanol–water partition coefficient (Wildman–Crippen LogP) is 2.23. The Bertz CT molecular complexity index is 1510. The van der Waals surface area contributed by atoms with E-state index in [0.717, 1.165) is 16.8 Å². The van der Waals surface area contributed by atoms with Crippen LogP contribution in [0.15, 0.2) is 41.0 Å². The molecule has 1 aromatic heterocycles. The van der Waals surface area contributed by atoms with Crippen LogP contribution >= 0.6 is 15.9 Å². The number of rotatable bonds is 7. The van der Waals surface area contributed by atoms with Crippen LogP contribution in [0, 0.1) is 28.8 Å². The van der Waals surface area contributed by atoms with E-state index in [-0.39, 0.29) is 16.8 Å². The van der Waals surface area contributed by atoms with Crippen LogP contribution in [0.4, 0.5) is 18.9 Å². The molecule has 15 heteroatoms. The number of nitriles is 1. The summed E-state index contributed by atoms with van der Waals surface area (Å²) in [6, 6.07) is 6.30. The van der Waals surface area contributed by atoms with Gasteiger partial charge in [0, 0.05) is 22.8 Å². The van der Waals surface area contributed by atoms with Gasteiger partial charge < -0.3 is 29.7 Å². The fraction of sp³-hybridized carbons (Fsp3) is 0.407. The number of aromatic nitrogens is 3. The number of aliphatic hydroxyl groups excluding tert-OH is 3. The number of aliphatic hydroxyl groups is 3. The Hall–Kier alpha value is -3.39. The first-order valence-electron chi connectivity index (χ1n) is 12.8. The summed E-state index contributed by atoms with van der Waals surface area (Å²) in [5.41, 5.74) is 0.360.